The molecule has 0 bridgehead atoms. The standard InChI is InChI=1S/C28H27ClFNO4/c1-17-23-12-25(33)24(29)13-26(23)35-28(27(17)20-3-2-4-21(32)11-20)19-5-7-22(8-6-19)34-10-9-31-15-18(14-30)16-31/h2-8,11-13,18,28,32-33H,9-10,14-16H2,1H3/t28-/m0/s1. The number of likely N-dealkylation sites (tertiary alicyclic amines) is 1. The van der Waals surface area contributed by atoms with E-state index in [1.807, 2.05) is 37.3 Å². The molecular formula is C28H27ClFNO4. The molecule has 0 saturated carbocycles. The highest BCUT2D eigenvalue weighted by atomic mass is 35.5. The number of hydrogen-bond acceptors (Lipinski definition) is 5. The van der Waals surface area contributed by atoms with Gasteiger partial charge in [-0.25, -0.2) is 0 Å². The lowest BCUT2D eigenvalue weighted by molar-refractivity contribution is 0.0668. The van der Waals surface area contributed by atoms with Crippen LogP contribution in [0.5, 0.6) is 23.0 Å². The third kappa shape index (κ3) is 4.81. The number of benzene rings is 3. The van der Waals surface area contributed by atoms with Crippen LogP contribution in [-0.2, 0) is 0 Å². The van der Waals surface area contributed by atoms with Crippen LogP contribution >= 0.6 is 11.6 Å². The molecule has 1 atom stereocenters. The number of rotatable bonds is 7. The molecule has 7 heteroatoms. The number of nitrogens with zero attached hydrogens (tertiary/aromatic N) is 1. The number of ether oxygens (including phenoxy) is 2. The van der Waals surface area contributed by atoms with E-state index in [-0.39, 0.29) is 29.1 Å². The van der Waals surface area contributed by atoms with E-state index in [4.69, 9.17) is 21.1 Å². The van der Waals surface area contributed by atoms with Gasteiger partial charge in [-0.3, -0.25) is 9.29 Å². The number of hydrogen-bond donors (Lipinski definition) is 2. The Bertz CT molecular complexity index is 1250. The van der Waals surface area contributed by atoms with Crippen molar-refractivity contribution < 1.29 is 24.1 Å². The molecule has 0 aliphatic carbocycles. The Kier molecular flexibility index (Phi) is 6.58. The van der Waals surface area contributed by atoms with Gasteiger partial charge in [0.15, 0.2) is 0 Å². The minimum atomic E-state index is -0.447. The van der Waals surface area contributed by atoms with Crippen molar-refractivity contribution in [2.75, 3.05) is 32.9 Å². The largest absolute Gasteiger partial charge is 0.508 e. The lowest BCUT2D eigenvalue weighted by atomic mass is 9.86. The summed E-state index contributed by atoms with van der Waals surface area (Å²) >= 11 is 6.17. The molecule has 1 saturated heterocycles. The molecular weight excluding hydrogens is 469 g/mol. The van der Waals surface area contributed by atoms with Crippen LogP contribution in [0.15, 0.2) is 60.7 Å². The van der Waals surface area contributed by atoms with E-state index in [0.29, 0.717) is 12.4 Å². The smallest absolute Gasteiger partial charge is 0.150 e. The van der Waals surface area contributed by atoms with Gasteiger partial charge in [0.05, 0.1) is 11.7 Å². The number of phenols is 2. The molecule has 2 N–H and O–H groups in total. The fourth-order valence-electron chi connectivity index (χ4n) is 4.73. The lowest BCUT2D eigenvalue weighted by Crippen LogP contribution is -2.49. The molecule has 0 radical (unpaired) electrons. The summed E-state index contributed by atoms with van der Waals surface area (Å²) in [5.74, 6) is 1.66. The zero-order valence-corrected chi connectivity index (χ0v) is 20.1. The van der Waals surface area contributed by atoms with Gasteiger partial charge in [0.25, 0.3) is 0 Å². The first-order valence-electron chi connectivity index (χ1n) is 11.6. The Hall–Kier alpha value is -3.22. The first-order chi connectivity index (χ1) is 16.9. The molecule has 0 unspecified atom stereocenters. The number of phenolic OH excluding ortho intramolecular Hbond substituents is 2. The average Bonchev–Trinajstić information content (AvgIpc) is 2.82. The molecule has 182 valence electrons. The third-order valence-electron chi connectivity index (χ3n) is 6.63. The molecule has 2 aliphatic heterocycles. The maximum Gasteiger partial charge on any atom is 0.150 e. The topological polar surface area (TPSA) is 62.2 Å². The van der Waals surface area contributed by atoms with Crippen LogP contribution < -0.4 is 9.47 Å². The van der Waals surface area contributed by atoms with Crippen LogP contribution in [0, 0.1) is 5.92 Å². The van der Waals surface area contributed by atoms with Crippen molar-refractivity contribution in [3.05, 3.63) is 82.4 Å². The minimum absolute atomic E-state index is 0.0120. The highest BCUT2D eigenvalue weighted by molar-refractivity contribution is 6.32. The Morgan fingerprint density at radius 1 is 1.09 bits per heavy atom. The molecule has 0 aromatic heterocycles. The van der Waals surface area contributed by atoms with Crippen molar-refractivity contribution in [2.45, 2.75) is 13.0 Å². The highest BCUT2D eigenvalue weighted by Crippen LogP contribution is 2.49. The molecule has 3 aromatic rings. The number of aromatic hydroxyl groups is 2. The van der Waals surface area contributed by atoms with E-state index in [1.54, 1.807) is 30.3 Å². The number of fused-ring (bicyclic) bond motifs is 1. The van der Waals surface area contributed by atoms with Gasteiger partial charge in [-0.1, -0.05) is 35.9 Å². The van der Waals surface area contributed by atoms with Gasteiger partial charge in [0.1, 0.15) is 35.7 Å². The van der Waals surface area contributed by atoms with Crippen LogP contribution in [0.2, 0.25) is 5.02 Å². The Balaban J connectivity index is 1.40. The second-order valence-corrected chi connectivity index (χ2v) is 9.49. The van der Waals surface area contributed by atoms with Crippen molar-refractivity contribution in [3.63, 3.8) is 0 Å². The second-order valence-electron chi connectivity index (χ2n) is 9.08. The number of alkyl halides is 1. The highest BCUT2D eigenvalue weighted by Gasteiger charge is 2.30. The fraction of sp³-hybridized carbons (Fsp3) is 0.286. The summed E-state index contributed by atoms with van der Waals surface area (Å²) in [4.78, 5) is 2.18. The predicted molar refractivity (Wildman–Crippen MR) is 135 cm³/mol. The molecule has 5 rings (SSSR count). The molecule has 1 fully saturated rings. The summed E-state index contributed by atoms with van der Waals surface area (Å²) in [7, 11) is 0. The van der Waals surface area contributed by atoms with Crippen molar-refractivity contribution in [3.8, 4) is 23.0 Å². The molecule has 5 nitrogen and oxygen atoms in total. The van der Waals surface area contributed by atoms with E-state index >= 15 is 0 Å². The van der Waals surface area contributed by atoms with Crippen molar-refractivity contribution in [1.29, 1.82) is 0 Å². The average molecular weight is 496 g/mol. The van der Waals surface area contributed by atoms with E-state index in [0.717, 1.165) is 53.2 Å². The van der Waals surface area contributed by atoms with E-state index < -0.39 is 6.10 Å². The summed E-state index contributed by atoms with van der Waals surface area (Å²) < 4.78 is 24.9. The molecule has 0 amide bonds. The molecule has 3 aromatic carbocycles. The van der Waals surface area contributed by atoms with Crippen molar-refractivity contribution in [2.24, 2.45) is 5.92 Å². The summed E-state index contributed by atoms with van der Waals surface area (Å²) in [6.45, 7) is 4.63. The van der Waals surface area contributed by atoms with E-state index in [1.165, 1.54) is 0 Å². The fourth-order valence-corrected chi connectivity index (χ4v) is 4.88. The maximum absolute atomic E-state index is 12.6. The summed E-state index contributed by atoms with van der Waals surface area (Å²) in [5.41, 5.74) is 4.31. The van der Waals surface area contributed by atoms with Crippen molar-refractivity contribution in [1.82, 2.24) is 4.90 Å². The Labute approximate surface area is 209 Å². The van der Waals surface area contributed by atoms with Gasteiger partial charge in [-0.2, -0.15) is 0 Å². The van der Waals surface area contributed by atoms with Gasteiger partial charge in [-0.05, 0) is 54.0 Å². The Morgan fingerprint density at radius 2 is 1.86 bits per heavy atom. The van der Waals surface area contributed by atoms with Crippen LogP contribution in [0.25, 0.3) is 11.1 Å². The molecule has 35 heavy (non-hydrogen) atoms. The maximum atomic E-state index is 12.6. The van der Waals surface area contributed by atoms with Crippen LogP contribution in [0.3, 0.4) is 0 Å². The first kappa shape index (κ1) is 23.5. The van der Waals surface area contributed by atoms with Gasteiger partial charge in [0, 0.05) is 42.8 Å². The zero-order chi connectivity index (χ0) is 24.5. The van der Waals surface area contributed by atoms with Crippen LogP contribution in [0.4, 0.5) is 4.39 Å². The predicted octanol–water partition coefficient (Wildman–Crippen LogP) is 6.10. The normalized spacial score (nSPS) is 18.1. The van der Waals surface area contributed by atoms with Crippen LogP contribution in [0.1, 0.15) is 29.7 Å². The summed E-state index contributed by atoms with van der Waals surface area (Å²) in [5, 5.41) is 20.5. The summed E-state index contributed by atoms with van der Waals surface area (Å²) in [6.07, 6.45) is -0.447. The summed E-state index contributed by atoms with van der Waals surface area (Å²) in [6, 6.07) is 18.0. The molecule has 2 heterocycles. The molecule has 2 aliphatic rings. The van der Waals surface area contributed by atoms with E-state index in [9.17, 15) is 14.6 Å². The SMILES string of the molecule is CC1=C(c2cccc(O)c2)[C@H](c2ccc(OCCN3CC(CF)C3)cc2)Oc2cc(Cl)c(O)cc21. The first-order valence-corrected chi connectivity index (χ1v) is 12.0. The van der Waals surface area contributed by atoms with E-state index in [2.05, 4.69) is 4.90 Å². The Morgan fingerprint density at radius 3 is 2.57 bits per heavy atom. The number of halogens is 2. The van der Waals surface area contributed by atoms with Gasteiger partial charge < -0.3 is 19.7 Å². The third-order valence-corrected chi connectivity index (χ3v) is 6.93. The van der Waals surface area contributed by atoms with Gasteiger partial charge in [0.2, 0.25) is 0 Å². The zero-order valence-electron chi connectivity index (χ0n) is 19.4. The van der Waals surface area contributed by atoms with Gasteiger partial charge in [-0.15, -0.1) is 0 Å². The second kappa shape index (κ2) is 9.80. The quantitative estimate of drug-likeness (QED) is 0.415. The van der Waals surface area contributed by atoms with Crippen LogP contribution in [-0.4, -0.2) is 48.0 Å². The lowest BCUT2D eigenvalue weighted by Gasteiger charge is -2.37. The minimum Gasteiger partial charge on any atom is -0.508 e. The molecule has 0 spiro atoms. The monoisotopic (exact) mass is 495 g/mol. The number of allylic oxidation sites excluding steroid dienone is 1. The van der Waals surface area contributed by atoms with Crippen molar-refractivity contribution >= 4 is 22.7 Å². The van der Waals surface area contributed by atoms with Gasteiger partial charge >= 0.3 is 0 Å².